The second-order valence-corrected chi connectivity index (χ2v) is 4.60. The van der Waals surface area contributed by atoms with E-state index >= 15 is 0 Å². The Kier molecular flexibility index (Phi) is 4.59. The van der Waals surface area contributed by atoms with Gasteiger partial charge in [-0.05, 0) is 31.2 Å². The lowest BCUT2D eigenvalue weighted by Gasteiger charge is -2.17. The maximum absolute atomic E-state index is 13.3. The Hall–Kier alpha value is -2.34. The first-order valence-corrected chi connectivity index (χ1v) is 6.37. The molecule has 1 unspecified atom stereocenters. The fourth-order valence-electron chi connectivity index (χ4n) is 2.20. The Bertz CT molecular complexity index is 662. The van der Waals surface area contributed by atoms with Crippen LogP contribution in [0.4, 0.5) is 14.5 Å². The van der Waals surface area contributed by atoms with Crippen molar-refractivity contribution in [3.05, 3.63) is 75.3 Å². The molecule has 2 aromatic carbocycles. The van der Waals surface area contributed by atoms with Gasteiger partial charge in [0.2, 0.25) is 0 Å². The third-order valence-corrected chi connectivity index (χ3v) is 3.31. The largest absolute Gasteiger partial charge is 0.313 e. The number of halogens is 2. The number of rotatable bonds is 5. The van der Waals surface area contributed by atoms with Crippen LogP contribution in [-0.2, 0) is 6.42 Å². The Balaban J connectivity index is 2.31. The van der Waals surface area contributed by atoms with Gasteiger partial charge in [0, 0.05) is 17.7 Å². The van der Waals surface area contributed by atoms with Gasteiger partial charge in [-0.15, -0.1) is 0 Å². The van der Waals surface area contributed by atoms with E-state index in [1.165, 1.54) is 12.1 Å². The molecule has 0 radical (unpaired) electrons. The minimum atomic E-state index is -0.935. The number of hydrogen-bond donors (Lipinski definition) is 1. The lowest BCUT2D eigenvalue weighted by Crippen LogP contribution is -2.19. The standard InChI is InChI=1S/C15H14F2N2O2/c1-18-14(10-6-7-12(16)13(17)8-10)9-11-4-2-3-5-15(11)19(20)21/h2-8,14,18H,9H2,1H3. The quantitative estimate of drug-likeness (QED) is 0.679. The SMILES string of the molecule is CNC(Cc1ccccc1[N+](=O)[O-])c1ccc(F)c(F)c1. The van der Waals surface area contributed by atoms with Gasteiger partial charge >= 0.3 is 0 Å². The third kappa shape index (κ3) is 3.41. The smallest absolute Gasteiger partial charge is 0.272 e. The summed E-state index contributed by atoms with van der Waals surface area (Å²) in [5.41, 5.74) is 1.08. The molecule has 0 bridgehead atoms. The monoisotopic (exact) mass is 292 g/mol. The topological polar surface area (TPSA) is 55.2 Å². The zero-order chi connectivity index (χ0) is 15.4. The zero-order valence-corrected chi connectivity index (χ0v) is 11.3. The normalized spacial score (nSPS) is 12.1. The zero-order valence-electron chi connectivity index (χ0n) is 11.3. The van der Waals surface area contributed by atoms with Crippen molar-refractivity contribution in [1.82, 2.24) is 5.32 Å². The summed E-state index contributed by atoms with van der Waals surface area (Å²) in [5.74, 6) is -1.85. The number of likely N-dealkylation sites (N-methyl/N-ethyl adjacent to an activating group) is 1. The van der Waals surface area contributed by atoms with E-state index in [0.29, 0.717) is 17.5 Å². The molecule has 0 spiro atoms. The molecule has 0 aliphatic carbocycles. The lowest BCUT2D eigenvalue weighted by molar-refractivity contribution is -0.385. The number of benzene rings is 2. The summed E-state index contributed by atoms with van der Waals surface area (Å²) in [7, 11) is 1.67. The van der Waals surface area contributed by atoms with Crippen molar-refractivity contribution in [2.24, 2.45) is 0 Å². The van der Waals surface area contributed by atoms with Crippen LogP contribution in [0.2, 0.25) is 0 Å². The molecule has 0 aliphatic heterocycles. The Labute approximate surface area is 120 Å². The van der Waals surface area contributed by atoms with E-state index in [9.17, 15) is 18.9 Å². The highest BCUT2D eigenvalue weighted by Crippen LogP contribution is 2.25. The number of nitro benzene ring substituents is 1. The number of nitrogens with zero attached hydrogens (tertiary/aromatic N) is 1. The molecular weight excluding hydrogens is 278 g/mol. The molecule has 0 amide bonds. The summed E-state index contributed by atoms with van der Waals surface area (Å²) >= 11 is 0. The van der Waals surface area contributed by atoms with Gasteiger partial charge in [-0.2, -0.15) is 0 Å². The first kappa shape index (κ1) is 15.1. The minimum absolute atomic E-state index is 0.0142. The van der Waals surface area contributed by atoms with Gasteiger partial charge in [-0.3, -0.25) is 10.1 Å². The van der Waals surface area contributed by atoms with Crippen LogP contribution in [0, 0.1) is 21.7 Å². The van der Waals surface area contributed by atoms with Gasteiger partial charge in [-0.25, -0.2) is 8.78 Å². The molecule has 0 aromatic heterocycles. The van der Waals surface area contributed by atoms with Gasteiger partial charge in [0.1, 0.15) is 0 Å². The lowest BCUT2D eigenvalue weighted by atomic mass is 9.98. The van der Waals surface area contributed by atoms with Gasteiger partial charge in [-0.1, -0.05) is 24.3 Å². The van der Waals surface area contributed by atoms with Crippen molar-refractivity contribution in [3.63, 3.8) is 0 Å². The molecule has 0 aliphatic rings. The van der Waals surface area contributed by atoms with Crippen LogP contribution in [0.25, 0.3) is 0 Å². The van der Waals surface area contributed by atoms with Gasteiger partial charge in [0.15, 0.2) is 11.6 Å². The second kappa shape index (κ2) is 6.41. The van der Waals surface area contributed by atoms with Crippen molar-refractivity contribution in [1.29, 1.82) is 0 Å². The van der Waals surface area contributed by atoms with E-state index in [1.807, 2.05) is 0 Å². The predicted molar refractivity (Wildman–Crippen MR) is 75.0 cm³/mol. The first-order valence-electron chi connectivity index (χ1n) is 6.37. The first-order chi connectivity index (χ1) is 10.0. The highest BCUT2D eigenvalue weighted by Gasteiger charge is 2.18. The number of para-hydroxylation sites is 1. The van der Waals surface area contributed by atoms with Gasteiger partial charge < -0.3 is 5.32 Å². The molecule has 2 rings (SSSR count). The molecule has 0 saturated heterocycles. The van der Waals surface area contributed by atoms with Gasteiger partial charge in [0.05, 0.1) is 4.92 Å². The van der Waals surface area contributed by atoms with Crippen LogP contribution in [0.3, 0.4) is 0 Å². The summed E-state index contributed by atoms with van der Waals surface area (Å²) in [5, 5.41) is 14.0. The number of hydrogen-bond acceptors (Lipinski definition) is 3. The molecular formula is C15H14F2N2O2. The van der Waals surface area contributed by atoms with E-state index in [4.69, 9.17) is 0 Å². The number of nitro groups is 1. The van der Waals surface area contributed by atoms with Crippen LogP contribution in [-0.4, -0.2) is 12.0 Å². The minimum Gasteiger partial charge on any atom is -0.313 e. The molecule has 1 atom stereocenters. The summed E-state index contributed by atoms with van der Waals surface area (Å²) in [6, 6.07) is 9.65. The summed E-state index contributed by atoms with van der Waals surface area (Å²) in [4.78, 5) is 10.6. The second-order valence-electron chi connectivity index (χ2n) is 4.60. The fraction of sp³-hybridized carbons (Fsp3) is 0.200. The molecule has 0 heterocycles. The molecule has 0 fully saturated rings. The van der Waals surface area contributed by atoms with Crippen molar-refractivity contribution >= 4 is 5.69 Å². The maximum Gasteiger partial charge on any atom is 0.272 e. The predicted octanol–water partition coefficient (Wildman–Crippen LogP) is 3.38. The molecule has 1 N–H and O–H groups in total. The van der Waals surface area contributed by atoms with Crippen LogP contribution in [0.15, 0.2) is 42.5 Å². The average molecular weight is 292 g/mol. The molecule has 4 nitrogen and oxygen atoms in total. The van der Waals surface area contributed by atoms with Gasteiger partial charge in [0.25, 0.3) is 5.69 Å². The molecule has 2 aromatic rings. The molecule has 6 heteroatoms. The fourth-order valence-corrected chi connectivity index (χ4v) is 2.20. The van der Waals surface area contributed by atoms with Crippen LogP contribution < -0.4 is 5.32 Å². The van der Waals surface area contributed by atoms with Crippen molar-refractivity contribution in [2.75, 3.05) is 7.05 Å². The van der Waals surface area contributed by atoms with E-state index in [2.05, 4.69) is 5.32 Å². The maximum atomic E-state index is 13.3. The van der Waals surface area contributed by atoms with E-state index in [1.54, 1.807) is 25.2 Å². The average Bonchev–Trinajstić information content (AvgIpc) is 2.48. The Morgan fingerprint density at radius 2 is 1.90 bits per heavy atom. The van der Waals surface area contributed by atoms with Crippen molar-refractivity contribution in [2.45, 2.75) is 12.5 Å². The third-order valence-electron chi connectivity index (χ3n) is 3.31. The Morgan fingerprint density at radius 1 is 1.19 bits per heavy atom. The van der Waals surface area contributed by atoms with Crippen LogP contribution in [0.5, 0.6) is 0 Å². The van der Waals surface area contributed by atoms with Crippen LogP contribution in [0.1, 0.15) is 17.2 Å². The molecule has 110 valence electrons. The van der Waals surface area contributed by atoms with E-state index in [0.717, 1.165) is 12.1 Å². The summed E-state index contributed by atoms with van der Waals surface area (Å²) in [6.45, 7) is 0. The Morgan fingerprint density at radius 3 is 2.52 bits per heavy atom. The van der Waals surface area contributed by atoms with E-state index in [-0.39, 0.29) is 11.7 Å². The highest BCUT2D eigenvalue weighted by atomic mass is 19.2. The summed E-state index contributed by atoms with van der Waals surface area (Å²) < 4.78 is 26.3. The van der Waals surface area contributed by atoms with Crippen LogP contribution >= 0.6 is 0 Å². The highest BCUT2D eigenvalue weighted by molar-refractivity contribution is 5.41. The van der Waals surface area contributed by atoms with Crippen molar-refractivity contribution in [3.8, 4) is 0 Å². The molecule has 0 saturated carbocycles. The van der Waals surface area contributed by atoms with E-state index < -0.39 is 16.6 Å². The number of nitrogens with one attached hydrogen (secondary N) is 1. The van der Waals surface area contributed by atoms with Crippen molar-refractivity contribution < 1.29 is 13.7 Å². The molecule has 21 heavy (non-hydrogen) atoms. The summed E-state index contributed by atoms with van der Waals surface area (Å²) in [6.07, 6.45) is 0.304.